The molecule has 0 aliphatic rings. The molecule has 0 amide bonds. The molecular weight excluding hydrogens is 284 g/mol. The summed E-state index contributed by atoms with van der Waals surface area (Å²) in [4.78, 5) is 0. The standard InChI is InChI=1S/C16H20O4Si/c1-17-13-5-9-15(10-6-13)19-21(3,4)20-16-11-7-14(18-2)8-12-16/h5-12H,1-4H3. The summed E-state index contributed by atoms with van der Waals surface area (Å²) in [7, 11) is 0.959. The molecule has 4 nitrogen and oxygen atoms in total. The Balaban J connectivity index is 2.02. The van der Waals surface area contributed by atoms with Crippen LogP contribution in [0.5, 0.6) is 23.0 Å². The zero-order valence-corrected chi connectivity index (χ0v) is 13.8. The van der Waals surface area contributed by atoms with Crippen LogP contribution in [0.15, 0.2) is 48.5 Å². The largest absolute Gasteiger partial charge is 0.512 e. The lowest BCUT2D eigenvalue weighted by atomic mass is 10.3. The van der Waals surface area contributed by atoms with Crippen LogP contribution in [-0.4, -0.2) is 22.8 Å². The van der Waals surface area contributed by atoms with E-state index < -0.39 is 8.56 Å². The molecule has 5 heteroatoms. The molecule has 2 rings (SSSR count). The summed E-state index contributed by atoms with van der Waals surface area (Å²) < 4.78 is 22.2. The van der Waals surface area contributed by atoms with Crippen molar-refractivity contribution in [3.63, 3.8) is 0 Å². The summed E-state index contributed by atoms with van der Waals surface area (Å²) in [5.74, 6) is 3.16. The molecule has 112 valence electrons. The summed E-state index contributed by atoms with van der Waals surface area (Å²) in [5, 5.41) is 0. The van der Waals surface area contributed by atoms with Crippen LogP contribution >= 0.6 is 0 Å². The van der Waals surface area contributed by atoms with E-state index in [4.69, 9.17) is 18.3 Å². The van der Waals surface area contributed by atoms with Crippen molar-refractivity contribution in [2.24, 2.45) is 0 Å². The number of ether oxygens (including phenoxy) is 2. The van der Waals surface area contributed by atoms with Crippen molar-refractivity contribution >= 4 is 8.56 Å². The normalized spacial score (nSPS) is 10.9. The second kappa shape index (κ2) is 6.54. The monoisotopic (exact) mass is 304 g/mol. The van der Waals surface area contributed by atoms with Gasteiger partial charge in [-0.15, -0.1) is 0 Å². The maximum absolute atomic E-state index is 5.99. The van der Waals surface area contributed by atoms with Gasteiger partial charge in [-0.2, -0.15) is 0 Å². The van der Waals surface area contributed by atoms with Crippen LogP contribution in [0.4, 0.5) is 0 Å². The molecule has 0 aliphatic carbocycles. The Labute approximate surface area is 126 Å². The Bertz CT molecular complexity index is 512. The van der Waals surface area contributed by atoms with Gasteiger partial charge in [-0.1, -0.05) is 0 Å². The molecule has 0 bridgehead atoms. The van der Waals surface area contributed by atoms with Gasteiger partial charge in [0.1, 0.15) is 23.0 Å². The summed E-state index contributed by atoms with van der Waals surface area (Å²) in [5.41, 5.74) is 0. The van der Waals surface area contributed by atoms with Crippen LogP contribution < -0.4 is 18.3 Å². The third-order valence-corrected chi connectivity index (χ3v) is 4.30. The second-order valence-corrected chi connectivity index (χ2v) is 8.16. The van der Waals surface area contributed by atoms with Crippen LogP contribution in [-0.2, 0) is 0 Å². The van der Waals surface area contributed by atoms with Gasteiger partial charge in [0.05, 0.1) is 14.2 Å². The lowest BCUT2D eigenvalue weighted by Gasteiger charge is -2.24. The van der Waals surface area contributed by atoms with Gasteiger partial charge in [0.2, 0.25) is 0 Å². The fourth-order valence-electron chi connectivity index (χ4n) is 1.88. The van der Waals surface area contributed by atoms with Crippen molar-refractivity contribution in [1.82, 2.24) is 0 Å². The highest BCUT2D eigenvalue weighted by molar-refractivity contribution is 6.66. The van der Waals surface area contributed by atoms with E-state index in [9.17, 15) is 0 Å². The maximum Gasteiger partial charge on any atom is 0.454 e. The molecule has 0 saturated heterocycles. The van der Waals surface area contributed by atoms with Crippen molar-refractivity contribution in [3.8, 4) is 23.0 Å². The van der Waals surface area contributed by atoms with Crippen LogP contribution in [0, 0.1) is 0 Å². The highest BCUT2D eigenvalue weighted by atomic mass is 28.4. The molecule has 2 aromatic rings. The third-order valence-electron chi connectivity index (χ3n) is 2.85. The van der Waals surface area contributed by atoms with Crippen molar-refractivity contribution in [2.75, 3.05) is 14.2 Å². The highest BCUT2D eigenvalue weighted by Gasteiger charge is 2.29. The van der Waals surface area contributed by atoms with Crippen molar-refractivity contribution in [1.29, 1.82) is 0 Å². The summed E-state index contributed by atoms with van der Waals surface area (Å²) in [6.07, 6.45) is 0. The van der Waals surface area contributed by atoms with Gasteiger partial charge < -0.3 is 18.3 Å². The van der Waals surface area contributed by atoms with E-state index >= 15 is 0 Å². The lowest BCUT2D eigenvalue weighted by Crippen LogP contribution is -2.41. The highest BCUT2D eigenvalue weighted by Crippen LogP contribution is 2.24. The van der Waals surface area contributed by atoms with E-state index in [1.807, 2.05) is 61.6 Å². The minimum absolute atomic E-state index is 0.779. The van der Waals surface area contributed by atoms with E-state index in [0.717, 1.165) is 23.0 Å². The molecule has 0 radical (unpaired) electrons. The quantitative estimate of drug-likeness (QED) is 0.759. The van der Waals surface area contributed by atoms with E-state index in [-0.39, 0.29) is 0 Å². The maximum atomic E-state index is 5.99. The third kappa shape index (κ3) is 4.42. The molecule has 0 saturated carbocycles. The van der Waals surface area contributed by atoms with Crippen molar-refractivity contribution < 1.29 is 18.3 Å². The first kappa shape index (κ1) is 15.2. The zero-order valence-electron chi connectivity index (χ0n) is 12.8. The predicted molar refractivity (Wildman–Crippen MR) is 84.7 cm³/mol. The summed E-state index contributed by atoms with van der Waals surface area (Å²) in [6.45, 7) is 4.00. The fraction of sp³-hybridized carbons (Fsp3) is 0.250. The number of rotatable bonds is 6. The van der Waals surface area contributed by atoms with Crippen LogP contribution in [0.25, 0.3) is 0 Å². The number of methoxy groups -OCH3 is 2. The van der Waals surface area contributed by atoms with E-state index in [2.05, 4.69) is 0 Å². The van der Waals surface area contributed by atoms with Gasteiger partial charge in [0.15, 0.2) is 0 Å². The molecule has 0 aliphatic heterocycles. The van der Waals surface area contributed by atoms with Crippen LogP contribution in [0.3, 0.4) is 0 Å². The summed E-state index contributed by atoms with van der Waals surface area (Å²) >= 11 is 0. The molecule has 0 fully saturated rings. The topological polar surface area (TPSA) is 36.9 Å². The Kier molecular flexibility index (Phi) is 4.75. The molecule has 0 spiro atoms. The number of benzene rings is 2. The average Bonchev–Trinajstić information content (AvgIpc) is 2.48. The molecule has 0 N–H and O–H groups in total. The predicted octanol–water partition coefficient (Wildman–Crippen LogP) is 3.86. The molecule has 0 atom stereocenters. The van der Waals surface area contributed by atoms with Crippen molar-refractivity contribution in [3.05, 3.63) is 48.5 Å². The van der Waals surface area contributed by atoms with E-state index in [1.54, 1.807) is 14.2 Å². The molecule has 0 heterocycles. The average molecular weight is 304 g/mol. The molecule has 0 aromatic heterocycles. The fourth-order valence-corrected chi connectivity index (χ4v) is 3.33. The van der Waals surface area contributed by atoms with E-state index in [1.165, 1.54) is 0 Å². The molecule has 0 unspecified atom stereocenters. The molecule has 21 heavy (non-hydrogen) atoms. The smallest absolute Gasteiger partial charge is 0.454 e. The minimum Gasteiger partial charge on any atom is -0.512 e. The van der Waals surface area contributed by atoms with Crippen LogP contribution in [0.1, 0.15) is 0 Å². The van der Waals surface area contributed by atoms with Gasteiger partial charge in [-0.25, -0.2) is 0 Å². The Hall–Kier alpha value is -2.14. The van der Waals surface area contributed by atoms with Crippen LogP contribution in [0.2, 0.25) is 13.1 Å². The first-order chi connectivity index (χ1) is 10.0. The Morgan fingerprint density at radius 3 is 1.14 bits per heavy atom. The van der Waals surface area contributed by atoms with Gasteiger partial charge >= 0.3 is 8.56 Å². The van der Waals surface area contributed by atoms with Gasteiger partial charge in [0.25, 0.3) is 0 Å². The van der Waals surface area contributed by atoms with Crippen molar-refractivity contribution in [2.45, 2.75) is 13.1 Å². The van der Waals surface area contributed by atoms with E-state index in [0.29, 0.717) is 0 Å². The summed E-state index contributed by atoms with van der Waals surface area (Å²) in [6, 6.07) is 15.0. The van der Waals surface area contributed by atoms with Gasteiger partial charge in [-0.05, 0) is 48.5 Å². The first-order valence-electron chi connectivity index (χ1n) is 6.68. The van der Waals surface area contributed by atoms with Gasteiger partial charge in [-0.3, -0.25) is 0 Å². The minimum atomic E-state index is -2.32. The molecule has 2 aromatic carbocycles. The number of hydrogen-bond donors (Lipinski definition) is 0. The Morgan fingerprint density at radius 2 is 0.857 bits per heavy atom. The Morgan fingerprint density at radius 1 is 0.571 bits per heavy atom. The van der Waals surface area contributed by atoms with Gasteiger partial charge in [0, 0.05) is 13.1 Å². The first-order valence-corrected chi connectivity index (χ1v) is 9.50. The number of hydrogen-bond acceptors (Lipinski definition) is 4. The SMILES string of the molecule is COc1ccc(O[Si](C)(C)Oc2ccc(OC)cc2)cc1. The molecular formula is C16H20O4Si. The lowest BCUT2D eigenvalue weighted by molar-refractivity contribution is 0.393. The zero-order chi connectivity index (χ0) is 15.3. The second-order valence-electron chi connectivity index (χ2n) is 4.96.